The second kappa shape index (κ2) is 4.35. The molecule has 1 amide bonds. The van der Waals surface area contributed by atoms with E-state index in [0.29, 0.717) is 0 Å². The van der Waals surface area contributed by atoms with Crippen LogP contribution >= 0.6 is 0 Å². The molecule has 0 heterocycles. The summed E-state index contributed by atoms with van der Waals surface area (Å²) in [6.45, 7) is 1.34. The van der Waals surface area contributed by atoms with E-state index >= 15 is 0 Å². The highest BCUT2D eigenvalue weighted by Gasteiger charge is 2.18. The van der Waals surface area contributed by atoms with Crippen LogP contribution in [0.3, 0.4) is 0 Å². The van der Waals surface area contributed by atoms with Gasteiger partial charge in [0.15, 0.2) is 11.6 Å². The summed E-state index contributed by atoms with van der Waals surface area (Å²) >= 11 is 0. The minimum absolute atomic E-state index is 0.0242. The zero-order valence-electron chi connectivity index (χ0n) is 8.67. The number of hydrogen-bond acceptors (Lipinski definition) is 2. The molecule has 0 aromatic heterocycles. The summed E-state index contributed by atoms with van der Waals surface area (Å²) in [5.74, 6) is -2.50. The third-order valence-electron chi connectivity index (χ3n) is 2.13. The smallest absolute Gasteiger partial charge is 0.274 e. The minimum Gasteiger partial charge on any atom is -0.274 e. The minimum atomic E-state index is -1.01. The van der Waals surface area contributed by atoms with Gasteiger partial charge in [-0.3, -0.25) is 9.63 Å². The first kappa shape index (κ1) is 11.6. The molecule has 0 aliphatic heterocycles. The van der Waals surface area contributed by atoms with Crippen molar-refractivity contribution in [2.75, 3.05) is 14.2 Å². The molecule has 15 heavy (non-hydrogen) atoms. The predicted octanol–water partition coefficient (Wildman–Crippen LogP) is 1.91. The van der Waals surface area contributed by atoms with Crippen molar-refractivity contribution in [3.8, 4) is 0 Å². The van der Waals surface area contributed by atoms with Gasteiger partial charge in [0.05, 0.1) is 7.11 Å². The Kier molecular flexibility index (Phi) is 3.36. The predicted molar refractivity (Wildman–Crippen MR) is 50.2 cm³/mol. The molecule has 0 spiro atoms. The molecule has 0 bridgehead atoms. The van der Waals surface area contributed by atoms with Crippen molar-refractivity contribution in [3.63, 3.8) is 0 Å². The van der Waals surface area contributed by atoms with Crippen molar-refractivity contribution < 1.29 is 18.4 Å². The second-order valence-corrected chi connectivity index (χ2v) is 3.02. The quantitative estimate of drug-likeness (QED) is 0.705. The summed E-state index contributed by atoms with van der Waals surface area (Å²) in [5.41, 5.74) is 0.0575. The van der Waals surface area contributed by atoms with Crippen LogP contribution in [0.5, 0.6) is 0 Å². The molecule has 5 heteroatoms. The molecular weight excluding hydrogens is 204 g/mol. The average molecular weight is 215 g/mol. The maximum absolute atomic E-state index is 13.1. The average Bonchev–Trinajstić information content (AvgIpc) is 2.24. The van der Waals surface area contributed by atoms with Crippen LogP contribution in [0.2, 0.25) is 0 Å². The van der Waals surface area contributed by atoms with Crippen LogP contribution in [0.4, 0.5) is 8.78 Å². The van der Waals surface area contributed by atoms with Gasteiger partial charge in [0.1, 0.15) is 0 Å². The fourth-order valence-electron chi connectivity index (χ4n) is 1.14. The molecule has 0 unspecified atom stereocenters. The lowest BCUT2D eigenvalue weighted by Crippen LogP contribution is -2.26. The van der Waals surface area contributed by atoms with Gasteiger partial charge >= 0.3 is 0 Å². The zero-order chi connectivity index (χ0) is 11.6. The Bertz CT molecular complexity index is 393. The summed E-state index contributed by atoms with van der Waals surface area (Å²) in [4.78, 5) is 16.2. The molecule has 0 saturated carbocycles. The van der Waals surface area contributed by atoms with Gasteiger partial charge in [-0.05, 0) is 19.1 Å². The summed E-state index contributed by atoms with van der Waals surface area (Å²) in [6.07, 6.45) is 0. The van der Waals surface area contributed by atoms with Crippen LogP contribution in [0, 0.1) is 18.6 Å². The molecule has 0 atom stereocenters. The van der Waals surface area contributed by atoms with Crippen molar-refractivity contribution in [1.29, 1.82) is 0 Å². The van der Waals surface area contributed by atoms with Gasteiger partial charge < -0.3 is 0 Å². The van der Waals surface area contributed by atoms with E-state index in [9.17, 15) is 13.6 Å². The highest BCUT2D eigenvalue weighted by molar-refractivity contribution is 5.94. The first-order valence-corrected chi connectivity index (χ1v) is 4.25. The van der Waals surface area contributed by atoms with E-state index < -0.39 is 17.5 Å². The van der Waals surface area contributed by atoms with Gasteiger partial charge in [0.2, 0.25) is 0 Å². The first-order valence-electron chi connectivity index (χ1n) is 4.25. The molecule has 1 aromatic rings. The van der Waals surface area contributed by atoms with Crippen molar-refractivity contribution in [1.82, 2.24) is 5.06 Å². The van der Waals surface area contributed by atoms with E-state index in [4.69, 9.17) is 0 Å². The number of hydrogen-bond donors (Lipinski definition) is 0. The van der Waals surface area contributed by atoms with Crippen LogP contribution in [-0.2, 0) is 4.84 Å². The number of amides is 1. The maximum Gasteiger partial charge on any atom is 0.277 e. The van der Waals surface area contributed by atoms with E-state index in [-0.39, 0.29) is 11.1 Å². The molecule has 0 radical (unpaired) electrons. The molecule has 3 nitrogen and oxygen atoms in total. The van der Waals surface area contributed by atoms with Crippen LogP contribution in [-0.4, -0.2) is 25.1 Å². The van der Waals surface area contributed by atoms with Crippen LogP contribution in [0.15, 0.2) is 12.1 Å². The lowest BCUT2D eigenvalue weighted by molar-refractivity contribution is -0.0757. The van der Waals surface area contributed by atoms with E-state index in [1.807, 2.05) is 0 Å². The Morgan fingerprint density at radius 3 is 2.53 bits per heavy atom. The lowest BCUT2D eigenvalue weighted by Gasteiger charge is -2.15. The molecule has 0 N–H and O–H groups in total. The van der Waals surface area contributed by atoms with Gasteiger partial charge in [0.25, 0.3) is 5.91 Å². The first-order chi connectivity index (χ1) is 6.99. The Morgan fingerprint density at radius 2 is 2.00 bits per heavy atom. The number of halogens is 2. The van der Waals surface area contributed by atoms with Gasteiger partial charge in [-0.2, -0.15) is 0 Å². The van der Waals surface area contributed by atoms with E-state index in [1.165, 1.54) is 27.1 Å². The lowest BCUT2D eigenvalue weighted by atomic mass is 10.1. The van der Waals surface area contributed by atoms with E-state index in [1.54, 1.807) is 0 Å². The van der Waals surface area contributed by atoms with Crippen molar-refractivity contribution in [2.24, 2.45) is 0 Å². The second-order valence-electron chi connectivity index (χ2n) is 3.02. The Labute approximate surface area is 86.2 Å². The fraction of sp³-hybridized carbons (Fsp3) is 0.300. The van der Waals surface area contributed by atoms with E-state index in [2.05, 4.69) is 4.84 Å². The number of nitrogens with zero attached hydrogens (tertiary/aromatic N) is 1. The van der Waals surface area contributed by atoms with Gasteiger partial charge in [0, 0.05) is 18.2 Å². The van der Waals surface area contributed by atoms with Crippen molar-refractivity contribution in [2.45, 2.75) is 6.92 Å². The SMILES string of the molecule is CON(C)C(=O)c1ccc(F)c(F)c1C. The monoisotopic (exact) mass is 215 g/mol. The molecule has 0 aliphatic carbocycles. The summed E-state index contributed by atoms with van der Waals surface area (Å²) in [6, 6.07) is 2.14. The molecule has 0 aliphatic rings. The number of hydroxylamine groups is 2. The highest BCUT2D eigenvalue weighted by atomic mass is 19.2. The van der Waals surface area contributed by atoms with Crippen molar-refractivity contribution >= 4 is 5.91 Å². The Hall–Kier alpha value is -1.49. The van der Waals surface area contributed by atoms with Gasteiger partial charge in [-0.15, -0.1) is 0 Å². The number of carbonyl (C=O) groups is 1. The maximum atomic E-state index is 13.1. The number of benzene rings is 1. The molecule has 82 valence electrons. The van der Waals surface area contributed by atoms with Crippen LogP contribution in [0.1, 0.15) is 15.9 Å². The number of carbonyl (C=O) groups excluding carboxylic acids is 1. The topological polar surface area (TPSA) is 29.5 Å². The molecule has 1 rings (SSSR count). The summed E-state index contributed by atoms with van der Waals surface area (Å²) in [7, 11) is 2.70. The standard InChI is InChI=1S/C10H11F2NO2/c1-6-7(10(14)13(2)15-3)4-5-8(11)9(6)12/h4-5H,1-3H3. The molecule has 1 aromatic carbocycles. The number of rotatable bonds is 2. The van der Waals surface area contributed by atoms with E-state index in [0.717, 1.165) is 11.1 Å². The van der Waals surface area contributed by atoms with Crippen LogP contribution < -0.4 is 0 Å². The molecular formula is C10H11F2NO2. The summed E-state index contributed by atoms with van der Waals surface area (Å²) in [5, 5.41) is 0.944. The summed E-state index contributed by atoms with van der Waals surface area (Å²) < 4.78 is 25.9. The van der Waals surface area contributed by atoms with Gasteiger partial charge in [-0.1, -0.05) is 0 Å². The highest BCUT2D eigenvalue weighted by Crippen LogP contribution is 2.17. The van der Waals surface area contributed by atoms with Crippen molar-refractivity contribution in [3.05, 3.63) is 34.9 Å². The molecule has 0 fully saturated rings. The zero-order valence-corrected chi connectivity index (χ0v) is 8.67. The molecule has 0 saturated heterocycles. The normalized spacial score (nSPS) is 10.2. The third-order valence-corrected chi connectivity index (χ3v) is 2.13. The Balaban J connectivity index is 3.16. The fourth-order valence-corrected chi connectivity index (χ4v) is 1.14. The Morgan fingerprint density at radius 1 is 1.40 bits per heavy atom. The van der Waals surface area contributed by atoms with Crippen LogP contribution in [0.25, 0.3) is 0 Å². The third kappa shape index (κ3) is 2.12. The van der Waals surface area contributed by atoms with Gasteiger partial charge in [-0.25, -0.2) is 13.8 Å². The largest absolute Gasteiger partial charge is 0.277 e.